The topological polar surface area (TPSA) is 70.1 Å². The highest BCUT2D eigenvalue weighted by molar-refractivity contribution is 6.46. The summed E-state index contributed by atoms with van der Waals surface area (Å²) >= 11 is 0. The minimum absolute atomic E-state index is 0.113. The summed E-state index contributed by atoms with van der Waals surface area (Å²) in [5.41, 5.74) is 2.41. The normalized spacial score (nSPS) is 17.9. The lowest BCUT2D eigenvalue weighted by Gasteiger charge is -2.27. The Morgan fingerprint density at radius 3 is 2.45 bits per heavy atom. The van der Waals surface area contributed by atoms with Crippen LogP contribution in [0.15, 0.2) is 54.1 Å². The summed E-state index contributed by atoms with van der Waals surface area (Å²) in [6.07, 6.45) is 0.930. The van der Waals surface area contributed by atoms with Crippen molar-refractivity contribution in [3.05, 3.63) is 70.8 Å². The highest BCUT2D eigenvalue weighted by Crippen LogP contribution is 2.40. The van der Waals surface area contributed by atoms with Crippen LogP contribution in [0, 0.1) is 12.8 Å². The van der Waals surface area contributed by atoms with E-state index in [2.05, 4.69) is 13.8 Å². The fourth-order valence-corrected chi connectivity index (χ4v) is 3.82. The first-order valence-corrected chi connectivity index (χ1v) is 11.4. The molecule has 1 aliphatic rings. The number of aryl methyl sites for hydroxylation is 1. The molecule has 6 nitrogen and oxygen atoms in total. The molecular weight excluding hydrogens is 416 g/mol. The van der Waals surface area contributed by atoms with Gasteiger partial charge >= 0.3 is 0 Å². The second-order valence-electron chi connectivity index (χ2n) is 9.27. The van der Waals surface area contributed by atoms with Crippen molar-refractivity contribution in [2.24, 2.45) is 5.92 Å². The predicted molar refractivity (Wildman–Crippen MR) is 130 cm³/mol. The standard InChI is InChI=1S/C27H34N2O4/c1-18(2)13-16-33-22-8-6-7-21(17-22)24-23(25(30)20-11-9-19(3)10-12-20)26(31)27(32)29(24)15-14-28(4)5/h6-12,17-18,24,30H,13-16H2,1-5H3. The second kappa shape index (κ2) is 10.7. The summed E-state index contributed by atoms with van der Waals surface area (Å²) in [5.74, 6) is -0.205. The molecule has 1 saturated heterocycles. The van der Waals surface area contributed by atoms with Gasteiger partial charge in [-0.15, -0.1) is 0 Å². The third kappa shape index (κ3) is 5.82. The van der Waals surface area contributed by atoms with E-state index in [1.54, 1.807) is 17.0 Å². The van der Waals surface area contributed by atoms with E-state index in [1.165, 1.54) is 0 Å². The maximum atomic E-state index is 13.1. The average molecular weight is 451 g/mol. The first-order valence-electron chi connectivity index (χ1n) is 11.4. The summed E-state index contributed by atoms with van der Waals surface area (Å²) in [7, 11) is 3.84. The Bertz CT molecular complexity index is 1020. The number of nitrogens with zero attached hydrogens (tertiary/aromatic N) is 2. The number of ether oxygens (including phenoxy) is 1. The number of carbonyl (C=O) groups is 2. The highest BCUT2D eigenvalue weighted by atomic mass is 16.5. The van der Waals surface area contributed by atoms with Crippen molar-refractivity contribution < 1.29 is 19.4 Å². The number of amides is 1. The van der Waals surface area contributed by atoms with Gasteiger partial charge in [0.1, 0.15) is 11.5 Å². The molecule has 0 radical (unpaired) electrons. The van der Waals surface area contributed by atoms with Crippen LogP contribution in [0.3, 0.4) is 0 Å². The number of aliphatic hydroxyl groups is 1. The second-order valence-corrected chi connectivity index (χ2v) is 9.27. The Morgan fingerprint density at radius 1 is 1.12 bits per heavy atom. The molecule has 1 heterocycles. The van der Waals surface area contributed by atoms with Gasteiger partial charge in [-0.1, -0.05) is 55.8 Å². The Kier molecular flexibility index (Phi) is 7.92. The summed E-state index contributed by atoms with van der Waals surface area (Å²) in [6, 6.07) is 14.1. The van der Waals surface area contributed by atoms with Gasteiger partial charge in [0.25, 0.3) is 11.7 Å². The Morgan fingerprint density at radius 2 is 1.82 bits per heavy atom. The van der Waals surface area contributed by atoms with Gasteiger partial charge in [-0.05, 0) is 51.1 Å². The van der Waals surface area contributed by atoms with E-state index in [-0.39, 0.29) is 11.3 Å². The van der Waals surface area contributed by atoms with Gasteiger partial charge in [0.2, 0.25) is 0 Å². The number of aliphatic hydroxyl groups excluding tert-OH is 1. The zero-order valence-electron chi connectivity index (χ0n) is 20.2. The predicted octanol–water partition coefficient (Wildman–Crippen LogP) is 4.40. The summed E-state index contributed by atoms with van der Waals surface area (Å²) < 4.78 is 5.92. The van der Waals surface area contributed by atoms with E-state index in [9.17, 15) is 14.7 Å². The maximum absolute atomic E-state index is 13.1. The molecule has 2 aromatic rings. The third-order valence-electron chi connectivity index (χ3n) is 5.79. The van der Waals surface area contributed by atoms with Crippen LogP contribution in [0.1, 0.15) is 43.0 Å². The maximum Gasteiger partial charge on any atom is 0.295 e. The fourth-order valence-electron chi connectivity index (χ4n) is 3.82. The molecule has 0 spiro atoms. The molecule has 176 valence electrons. The van der Waals surface area contributed by atoms with Crippen molar-refractivity contribution in [1.29, 1.82) is 0 Å². The number of hydrogen-bond donors (Lipinski definition) is 1. The molecule has 3 rings (SSSR count). The molecule has 0 bridgehead atoms. The van der Waals surface area contributed by atoms with E-state index in [0.29, 0.717) is 36.9 Å². The number of hydrogen-bond acceptors (Lipinski definition) is 5. The quantitative estimate of drug-likeness (QED) is 0.348. The molecule has 1 atom stereocenters. The van der Waals surface area contributed by atoms with Gasteiger partial charge in [0.05, 0.1) is 18.2 Å². The number of likely N-dealkylation sites (N-methyl/N-ethyl adjacent to an activating group) is 1. The molecule has 1 fully saturated rings. The van der Waals surface area contributed by atoms with E-state index < -0.39 is 17.7 Å². The van der Waals surface area contributed by atoms with Crippen molar-refractivity contribution in [3.8, 4) is 5.75 Å². The molecule has 0 aromatic heterocycles. The van der Waals surface area contributed by atoms with Crippen LogP contribution in [-0.4, -0.2) is 60.4 Å². The first-order chi connectivity index (χ1) is 15.7. The van der Waals surface area contributed by atoms with Gasteiger partial charge in [-0.2, -0.15) is 0 Å². The number of carbonyl (C=O) groups excluding carboxylic acids is 2. The monoisotopic (exact) mass is 450 g/mol. The number of ketones is 1. The molecular formula is C27H34N2O4. The molecule has 33 heavy (non-hydrogen) atoms. The number of benzene rings is 2. The van der Waals surface area contributed by atoms with Crippen molar-refractivity contribution in [3.63, 3.8) is 0 Å². The van der Waals surface area contributed by atoms with Crippen LogP contribution in [0.2, 0.25) is 0 Å². The zero-order chi connectivity index (χ0) is 24.1. The van der Waals surface area contributed by atoms with Crippen LogP contribution in [0.4, 0.5) is 0 Å². The molecule has 1 amide bonds. The minimum atomic E-state index is -0.681. The lowest BCUT2D eigenvalue weighted by molar-refractivity contribution is -0.140. The van der Waals surface area contributed by atoms with E-state index >= 15 is 0 Å². The van der Waals surface area contributed by atoms with Crippen LogP contribution < -0.4 is 4.74 Å². The van der Waals surface area contributed by atoms with Gasteiger partial charge in [-0.25, -0.2) is 0 Å². The van der Waals surface area contributed by atoms with Crippen LogP contribution in [0.25, 0.3) is 5.76 Å². The fraction of sp³-hybridized carbons (Fsp3) is 0.407. The molecule has 1 unspecified atom stereocenters. The van der Waals surface area contributed by atoms with Crippen molar-refractivity contribution in [2.45, 2.75) is 33.2 Å². The molecule has 1 N–H and O–H groups in total. The Hall–Kier alpha value is -3.12. The lowest BCUT2D eigenvalue weighted by Crippen LogP contribution is -2.35. The molecule has 6 heteroatoms. The van der Waals surface area contributed by atoms with Gasteiger partial charge in [-0.3, -0.25) is 9.59 Å². The summed E-state index contributed by atoms with van der Waals surface area (Å²) in [4.78, 5) is 29.6. The third-order valence-corrected chi connectivity index (χ3v) is 5.79. The van der Waals surface area contributed by atoms with Crippen molar-refractivity contribution in [1.82, 2.24) is 9.80 Å². The molecule has 0 saturated carbocycles. The number of rotatable bonds is 9. The molecule has 0 aliphatic carbocycles. The lowest BCUT2D eigenvalue weighted by atomic mass is 9.95. The smallest absolute Gasteiger partial charge is 0.295 e. The first kappa shape index (κ1) is 24.5. The van der Waals surface area contributed by atoms with Crippen LogP contribution >= 0.6 is 0 Å². The van der Waals surface area contributed by atoms with E-state index in [0.717, 1.165) is 17.5 Å². The number of likely N-dealkylation sites (tertiary alicyclic amines) is 1. The summed E-state index contributed by atoms with van der Waals surface area (Å²) in [5, 5.41) is 11.1. The van der Waals surface area contributed by atoms with Gasteiger partial charge in [0, 0.05) is 18.7 Å². The van der Waals surface area contributed by atoms with Crippen molar-refractivity contribution in [2.75, 3.05) is 33.8 Å². The van der Waals surface area contributed by atoms with Crippen molar-refractivity contribution >= 4 is 17.4 Å². The molecule has 1 aliphatic heterocycles. The number of Topliss-reactive ketones (excluding diaryl/α,β-unsaturated/α-hetero) is 1. The Labute approximate surface area is 196 Å². The average Bonchev–Trinajstić information content (AvgIpc) is 3.02. The van der Waals surface area contributed by atoms with Crippen LogP contribution in [-0.2, 0) is 9.59 Å². The minimum Gasteiger partial charge on any atom is -0.507 e. The largest absolute Gasteiger partial charge is 0.507 e. The summed E-state index contributed by atoms with van der Waals surface area (Å²) in [6.45, 7) is 7.79. The zero-order valence-corrected chi connectivity index (χ0v) is 20.2. The van der Waals surface area contributed by atoms with Gasteiger partial charge in [0.15, 0.2) is 0 Å². The van der Waals surface area contributed by atoms with E-state index in [1.807, 2.05) is 62.3 Å². The van der Waals surface area contributed by atoms with Gasteiger partial charge < -0.3 is 19.6 Å². The SMILES string of the molecule is Cc1ccc(C(O)=C2C(=O)C(=O)N(CCN(C)C)C2c2cccc(OCCC(C)C)c2)cc1. The van der Waals surface area contributed by atoms with E-state index in [4.69, 9.17) is 4.74 Å². The molecule has 2 aromatic carbocycles. The Balaban J connectivity index is 2.05. The highest BCUT2D eigenvalue weighted by Gasteiger charge is 2.46. The van der Waals surface area contributed by atoms with Crippen LogP contribution in [0.5, 0.6) is 5.75 Å².